The Morgan fingerprint density at radius 1 is 1.15 bits per heavy atom. The van der Waals surface area contributed by atoms with E-state index in [0.29, 0.717) is 16.3 Å². The summed E-state index contributed by atoms with van der Waals surface area (Å²) in [4.78, 5) is 21.5. The smallest absolute Gasteiger partial charge is 0.360 e. The number of aryl methyl sites for hydroxylation is 2. The first-order chi connectivity index (χ1) is 12.5. The van der Waals surface area contributed by atoms with Gasteiger partial charge in [-0.1, -0.05) is 34.7 Å². The third-order valence-corrected chi connectivity index (χ3v) is 4.61. The molecule has 0 N–H and O–H groups in total. The third kappa shape index (κ3) is 3.52. The fourth-order valence-electron chi connectivity index (χ4n) is 2.52. The van der Waals surface area contributed by atoms with Crippen molar-refractivity contribution in [3.8, 4) is 10.9 Å². The molecular weight excluding hydrogens is 352 g/mol. The molecule has 0 aliphatic carbocycles. The largest absolute Gasteiger partial charge is 0.464 e. The number of rotatable bonds is 5. The van der Waals surface area contributed by atoms with Gasteiger partial charge < -0.3 is 14.3 Å². The van der Waals surface area contributed by atoms with Crippen LogP contribution < -0.4 is 4.74 Å². The molecule has 2 aromatic carbocycles. The van der Waals surface area contributed by atoms with Crippen LogP contribution in [0.1, 0.15) is 16.7 Å². The van der Waals surface area contributed by atoms with Crippen LogP contribution in [-0.2, 0) is 14.4 Å². The first-order valence-electron chi connectivity index (χ1n) is 7.88. The van der Waals surface area contributed by atoms with E-state index in [9.17, 15) is 4.79 Å². The average molecular weight is 370 g/mol. The summed E-state index contributed by atoms with van der Waals surface area (Å²) in [5, 5.41) is 4.32. The van der Waals surface area contributed by atoms with Gasteiger partial charge in [0.25, 0.3) is 5.19 Å². The Morgan fingerprint density at radius 2 is 1.92 bits per heavy atom. The van der Waals surface area contributed by atoms with Crippen LogP contribution in [0.3, 0.4) is 0 Å². The zero-order valence-corrected chi connectivity index (χ0v) is 15.7. The number of oxime groups is 1. The maximum Gasteiger partial charge on any atom is 0.360 e. The predicted octanol–water partition coefficient (Wildman–Crippen LogP) is 4.23. The fourth-order valence-corrected chi connectivity index (χ4v) is 3.47. The Morgan fingerprint density at radius 3 is 2.62 bits per heavy atom. The van der Waals surface area contributed by atoms with Gasteiger partial charge in [0.2, 0.25) is 0 Å². The van der Waals surface area contributed by atoms with Crippen molar-refractivity contribution in [2.24, 2.45) is 5.16 Å². The van der Waals surface area contributed by atoms with Gasteiger partial charge >= 0.3 is 5.97 Å². The molecule has 3 rings (SSSR count). The molecule has 0 aliphatic heterocycles. The number of para-hydroxylation sites is 1. The van der Waals surface area contributed by atoms with Gasteiger partial charge in [0.1, 0.15) is 12.9 Å². The quantitative estimate of drug-likeness (QED) is 0.382. The number of fused-ring (bicyclic) bond motifs is 1. The summed E-state index contributed by atoms with van der Waals surface area (Å²) in [6.07, 6.45) is 0. The number of benzene rings is 2. The van der Waals surface area contributed by atoms with Crippen LogP contribution in [0.2, 0.25) is 0 Å². The van der Waals surface area contributed by atoms with Crippen molar-refractivity contribution in [3.63, 3.8) is 0 Å². The van der Waals surface area contributed by atoms with Crippen molar-refractivity contribution in [1.82, 2.24) is 4.98 Å². The Balaban J connectivity index is 2.11. The minimum Gasteiger partial charge on any atom is -0.464 e. The Kier molecular flexibility index (Phi) is 5.18. The predicted molar refractivity (Wildman–Crippen MR) is 101 cm³/mol. The minimum atomic E-state index is -0.590. The number of carbonyl (C=O) groups is 1. The van der Waals surface area contributed by atoms with Crippen LogP contribution in [0.5, 0.6) is 10.9 Å². The zero-order valence-electron chi connectivity index (χ0n) is 14.9. The average Bonchev–Trinajstić information content (AvgIpc) is 3.02. The number of hydrogen-bond donors (Lipinski definition) is 0. The van der Waals surface area contributed by atoms with Crippen LogP contribution in [0, 0.1) is 13.8 Å². The summed E-state index contributed by atoms with van der Waals surface area (Å²) in [5.74, 6) is 0.150. The number of nitrogens with zero attached hydrogens (tertiary/aromatic N) is 2. The Labute approximate surface area is 155 Å². The van der Waals surface area contributed by atoms with Crippen molar-refractivity contribution in [3.05, 3.63) is 53.1 Å². The van der Waals surface area contributed by atoms with Crippen molar-refractivity contribution in [2.45, 2.75) is 13.8 Å². The van der Waals surface area contributed by atoms with Crippen LogP contribution in [-0.4, -0.2) is 30.9 Å². The normalized spacial score (nSPS) is 11.5. The molecule has 0 saturated heterocycles. The van der Waals surface area contributed by atoms with E-state index in [4.69, 9.17) is 14.3 Å². The topological polar surface area (TPSA) is 70.0 Å². The second-order valence-electron chi connectivity index (χ2n) is 5.62. The molecule has 0 amide bonds. The maximum atomic E-state index is 12.1. The molecule has 0 atom stereocenters. The van der Waals surface area contributed by atoms with Gasteiger partial charge in [-0.3, -0.25) is 0 Å². The summed E-state index contributed by atoms with van der Waals surface area (Å²) in [6, 6.07) is 11.5. The zero-order chi connectivity index (χ0) is 18.7. The van der Waals surface area contributed by atoms with Gasteiger partial charge in [-0.15, -0.1) is 0 Å². The van der Waals surface area contributed by atoms with Gasteiger partial charge in [-0.05, 0) is 43.2 Å². The molecule has 0 unspecified atom stereocenters. The lowest BCUT2D eigenvalue weighted by molar-refractivity contribution is -0.132. The van der Waals surface area contributed by atoms with Gasteiger partial charge in [-0.25, -0.2) is 9.78 Å². The molecule has 0 aliphatic rings. The van der Waals surface area contributed by atoms with Crippen molar-refractivity contribution < 1.29 is 19.1 Å². The standard InChI is InChI=1S/C19H18N2O4S/c1-11-9-13(17(21-24-4)18(22)23-3)16-15(10-11)26-19(20-16)25-14-8-6-5-7-12(14)2/h5-10H,1-4H3/b21-17+. The lowest BCUT2D eigenvalue weighted by Crippen LogP contribution is -2.18. The van der Waals surface area contributed by atoms with Gasteiger partial charge in [0.15, 0.2) is 5.71 Å². The summed E-state index contributed by atoms with van der Waals surface area (Å²) in [6.45, 7) is 3.91. The van der Waals surface area contributed by atoms with E-state index in [-0.39, 0.29) is 5.71 Å². The van der Waals surface area contributed by atoms with E-state index in [1.807, 2.05) is 50.2 Å². The van der Waals surface area contributed by atoms with Crippen LogP contribution >= 0.6 is 11.3 Å². The molecule has 0 fully saturated rings. The monoisotopic (exact) mass is 370 g/mol. The summed E-state index contributed by atoms with van der Waals surface area (Å²) in [5.41, 5.74) is 3.21. The van der Waals surface area contributed by atoms with E-state index in [1.54, 1.807) is 0 Å². The van der Waals surface area contributed by atoms with Gasteiger partial charge in [0.05, 0.1) is 17.3 Å². The summed E-state index contributed by atoms with van der Waals surface area (Å²) < 4.78 is 11.6. The molecule has 26 heavy (non-hydrogen) atoms. The lowest BCUT2D eigenvalue weighted by atomic mass is 10.1. The highest BCUT2D eigenvalue weighted by molar-refractivity contribution is 7.20. The first-order valence-corrected chi connectivity index (χ1v) is 8.69. The lowest BCUT2D eigenvalue weighted by Gasteiger charge is -2.06. The minimum absolute atomic E-state index is 0.0661. The molecule has 0 saturated carbocycles. The molecule has 0 bridgehead atoms. The molecule has 0 spiro atoms. The number of ether oxygens (including phenoxy) is 2. The number of aromatic nitrogens is 1. The van der Waals surface area contributed by atoms with E-state index < -0.39 is 5.97 Å². The molecule has 134 valence electrons. The van der Waals surface area contributed by atoms with Crippen molar-refractivity contribution in [2.75, 3.05) is 14.2 Å². The highest BCUT2D eigenvalue weighted by Crippen LogP contribution is 2.35. The number of hydrogen-bond acceptors (Lipinski definition) is 7. The SMILES string of the molecule is CO/N=C(/C(=O)OC)c1cc(C)cc2sc(Oc3ccccc3C)nc12. The first kappa shape index (κ1) is 17.9. The van der Waals surface area contributed by atoms with Crippen molar-refractivity contribution >= 4 is 33.2 Å². The Hall–Kier alpha value is -2.93. The maximum absolute atomic E-state index is 12.1. The molecular formula is C19H18N2O4S. The van der Waals surface area contributed by atoms with Crippen LogP contribution in [0.25, 0.3) is 10.2 Å². The molecule has 6 nitrogen and oxygen atoms in total. The molecule has 1 heterocycles. The van der Waals surface area contributed by atoms with E-state index in [2.05, 4.69) is 10.1 Å². The van der Waals surface area contributed by atoms with Gasteiger partial charge in [-0.2, -0.15) is 0 Å². The van der Waals surface area contributed by atoms with Crippen molar-refractivity contribution in [1.29, 1.82) is 0 Å². The summed E-state index contributed by atoms with van der Waals surface area (Å²) >= 11 is 1.40. The van der Waals surface area contributed by atoms with E-state index in [1.165, 1.54) is 25.6 Å². The van der Waals surface area contributed by atoms with E-state index in [0.717, 1.165) is 21.6 Å². The second kappa shape index (κ2) is 7.53. The molecule has 3 aromatic rings. The molecule has 1 aromatic heterocycles. The van der Waals surface area contributed by atoms with Gasteiger partial charge in [0, 0.05) is 5.56 Å². The fraction of sp³-hybridized carbons (Fsp3) is 0.211. The van der Waals surface area contributed by atoms with Crippen LogP contribution in [0.15, 0.2) is 41.6 Å². The molecule has 0 radical (unpaired) electrons. The Bertz CT molecular complexity index is 994. The molecule has 7 heteroatoms. The summed E-state index contributed by atoms with van der Waals surface area (Å²) in [7, 11) is 2.68. The highest BCUT2D eigenvalue weighted by atomic mass is 32.1. The number of thiazole rings is 1. The third-order valence-electron chi connectivity index (χ3n) is 3.73. The number of esters is 1. The second-order valence-corrected chi connectivity index (χ2v) is 6.61. The van der Waals surface area contributed by atoms with Crippen LogP contribution in [0.4, 0.5) is 0 Å². The highest BCUT2D eigenvalue weighted by Gasteiger charge is 2.22. The number of carbonyl (C=O) groups excluding carboxylic acids is 1. The van der Waals surface area contributed by atoms with E-state index >= 15 is 0 Å². The number of methoxy groups -OCH3 is 1.